The maximum atomic E-state index is 10.7. The van der Waals surface area contributed by atoms with Crippen molar-refractivity contribution in [1.82, 2.24) is 0 Å². The van der Waals surface area contributed by atoms with E-state index in [9.17, 15) is 15.4 Å². The van der Waals surface area contributed by atoms with Crippen molar-refractivity contribution in [2.45, 2.75) is 6.61 Å². The van der Waals surface area contributed by atoms with Crippen LogP contribution in [0, 0.1) is 21.4 Å². The lowest BCUT2D eigenvalue weighted by Gasteiger charge is -2.07. The van der Waals surface area contributed by atoms with E-state index < -0.39 is 4.92 Å². The molecule has 0 aliphatic heterocycles. The number of halogens is 1. The van der Waals surface area contributed by atoms with Crippen LogP contribution in [0.15, 0.2) is 77.3 Å². The highest BCUT2D eigenvalue weighted by Gasteiger charge is 2.05. The summed E-state index contributed by atoms with van der Waals surface area (Å²) in [5.74, 6) is 0.678. The van der Waals surface area contributed by atoms with E-state index in [2.05, 4.69) is 22.0 Å². The molecule has 0 radical (unpaired) electrons. The minimum absolute atomic E-state index is 0.0546. The number of hydrogen-bond donors (Lipinski definition) is 0. The summed E-state index contributed by atoms with van der Waals surface area (Å²) < 4.78 is 6.68. The Bertz CT molecular complexity index is 1040. The fraction of sp³-hybridized carbons (Fsp3) is 0.0455. The molecule has 0 saturated heterocycles. The molecule has 138 valence electrons. The van der Waals surface area contributed by atoms with Gasteiger partial charge in [0.1, 0.15) is 12.4 Å². The third-order valence-electron chi connectivity index (χ3n) is 4.02. The van der Waals surface area contributed by atoms with Crippen LogP contribution in [0.2, 0.25) is 0 Å². The second-order valence-electron chi connectivity index (χ2n) is 5.96. The molecule has 0 amide bonds. The smallest absolute Gasteiger partial charge is 0.269 e. The summed E-state index contributed by atoms with van der Waals surface area (Å²) >= 11 is 3.39. The van der Waals surface area contributed by atoms with Crippen LogP contribution in [0.4, 0.5) is 5.69 Å². The zero-order valence-electron chi connectivity index (χ0n) is 14.7. The molecule has 0 heterocycles. The topological polar surface area (TPSA) is 76.2 Å². The van der Waals surface area contributed by atoms with Gasteiger partial charge in [0.05, 0.1) is 16.6 Å². The zero-order chi connectivity index (χ0) is 19.9. The summed E-state index contributed by atoms with van der Waals surface area (Å²) in [4.78, 5) is 10.2. The standard InChI is InChI=1S/C22H15BrN2O3/c23-20-7-5-18(6-8-20)19(14-24)13-16-3-11-22(12-4-16)28-15-17-1-9-21(10-2-17)25(26)27/h1-13H,15H2/b19-13+. The van der Waals surface area contributed by atoms with Crippen molar-refractivity contribution in [3.05, 3.63) is 104 Å². The van der Waals surface area contributed by atoms with Crippen LogP contribution in [0.3, 0.4) is 0 Å². The fourth-order valence-corrected chi connectivity index (χ4v) is 2.78. The molecule has 5 nitrogen and oxygen atoms in total. The van der Waals surface area contributed by atoms with Gasteiger partial charge in [-0.15, -0.1) is 0 Å². The molecule has 3 rings (SSSR count). The first-order valence-corrected chi connectivity index (χ1v) is 9.18. The average molecular weight is 435 g/mol. The van der Waals surface area contributed by atoms with E-state index in [1.54, 1.807) is 12.1 Å². The van der Waals surface area contributed by atoms with E-state index in [0.717, 1.165) is 21.2 Å². The average Bonchev–Trinajstić information content (AvgIpc) is 2.72. The number of nitrogens with zero attached hydrogens (tertiary/aromatic N) is 2. The van der Waals surface area contributed by atoms with Gasteiger partial charge >= 0.3 is 0 Å². The van der Waals surface area contributed by atoms with Crippen LogP contribution in [0.5, 0.6) is 5.75 Å². The monoisotopic (exact) mass is 434 g/mol. The lowest BCUT2D eigenvalue weighted by Crippen LogP contribution is -1.96. The Labute approximate surface area is 170 Å². The second-order valence-corrected chi connectivity index (χ2v) is 6.87. The quantitative estimate of drug-likeness (QED) is 0.206. The van der Waals surface area contributed by atoms with Gasteiger partial charge in [0.2, 0.25) is 0 Å². The second kappa shape index (κ2) is 8.98. The summed E-state index contributed by atoms with van der Waals surface area (Å²) in [6.45, 7) is 0.315. The van der Waals surface area contributed by atoms with E-state index in [1.165, 1.54) is 12.1 Å². The van der Waals surface area contributed by atoms with Crippen molar-refractivity contribution < 1.29 is 9.66 Å². The number of nitro benzene ring substituents is 1. The maximum Gasteiger partial charge on any atom is 0.269 e. The van der Waals surface area contributed by atoms with Crippen LogP contribution >= 0.6 is 15.9 Å². The molecule has 0 aliphatic rings. The minimum atomic E-state index is -0.430. The van der Waals surface area contributed by atoms with Crippen LogP contribution in [-0.2, 0) is 6.61 Å². The number of allylic oxidation sites excluding steroid dienone is 1. The van der Waals surface area contributed by atoms with Gasteiger partial charge in [0.25, 0.3) is 5.69 Å². The van der Waals surface area contributed by atoms with Gasteiger partial charge in [-0.1, -0.05) is 40.2 Å². The maximum absolute atomic E-state index is 10.7. The summed E-state index contributed by atoms with van der Waals surface area (Å²) in [5, 5.41) is 20.1. The van der Waals surface area contributed by atoms with Gasteiger partial charge in [-0.2, -0.15) is 5.26 Å². The molecule has 28 heavy (non-hydrogen) atoms. The Morgan fingerprint density at radius 3 is 2.25 bits per heavy atom. The zero-order valence-corrected chi connectivity index (χ0v) is 16.3. The van der Waals surface area contributed by atoms with Gasteiger partial charge in [-0.05, 0) is 59.2 Å². The highest BCUT2D eigenvalue weighted by atomic mass is 79.9. The van der Waals surface area contributed by atoms with Crippen molar-refractivity contribution in [2.75, 3.05) is 0 Å². The first kappa shape index (κ1) is 19.3. The minimum Gasteiger partial charge on any atom is -0.489 e. The molecule has 0 atom stereocenters. The Morgan fingerprint density at radius 1 is 1.04 bits per heavy atom. The molecule has 0 bridgehead atoms. The first-order chi connectivity index (χ1) is 13.5. The molecule has 3 aromatic rings. The van der Waals surface area contributed by atoms with Crippen molar-refractivity contribution in [3.8, 4) is 11.8 Å². The third-order valence-corrected chi connectivity index (χ3v) is 4.55. The van der Waals surface area contributed by atoms with Crippen molar-refractivity contribution in [2.24, 2.45) is 0 Å². The van der Waals surface area contributed by atoms with Crippen LogP contribution in [-0.4, -0.2) is 4.92 Å². The van der Waals surface area contributed by atoms with Crippen molar-refractivity contribution >= 4 is 33.3 Å². The van der Waals surface area contributed by atoms with Crippen molar-refractivity contribution in [1.29, 1.82) is 5.26 Å². The predicted molar refractivity (Wildman–Crippen MR) is 111 cm³/mol. The molecule has 6 heteroatoms. The van der Waals surface area contributed by atoms with E-state index in [-0.39, 0.29) is 5.69 Å². The van der Waals surface area contributed by atoms with Gasteiger partial charge in [-0.3, -0.25) is 10.1 Å². The molecule has 0 aliphatic carbocycles. The third kappa shape index (κ3) is 5.06. The van der Waals surface area contributed by atoms with Gasteiger partial charge < -0.3 is 4.74 Å². The lowest BCUT2D eigenvalue weighted by molar-refractivity contribution is -0.384. The Morgan fingerprint density at radius 2 is 1.68 bits per heavy atom. The van der Waals surface area contributed by atoms with E-state index in [1.807, 2.05) is 54.6 Å². The lowest BCUT2D eigenvalue weighted by atomic mass is 10.0. The Hall–Kier alpha value is -3.43. The van der Waals surface area contributed by atoms with Crippen molar-refractivity contribution in [3.63, 3.8) is 0 Å². The number of nitriles is 1. The molecule has 0 aromatic heterocycles. The van der Waals surface area contributed by atoms with E-state index in [0.29, 0.717) is 17.9 Å². The number of non-ortho nitro benzene ring substituents is 1. The summed E-state index contributed by atoms with van der Waals surface area (Å²) in [6, 6.07) is 23.5. The summed E-state index contributed by atoms with van der Waals surface area (Å²) in [6.07, 6.45) is 1.82. The molecular weight excluding hydrogens is 420 g/mol. The molecule has 0 spiro atoms. The van der Waals surface area contributed by atoms with Gasteiger partial charge in [-0.25, -0.2) is 0 Å². The molecule has 0 N–H and O–H groups in total. The Balaban J connectivity index is 1.66. The molecule has 0 fully saturated rings. The summed E-state index contributed by atoms with van der Waals surface area (Å²) in [7, 11) is 0. The SMILES string of the molecule is N#C/C(=C\c1ccc(OCc2ccc([N+](=O)[O-])cc2)cc1)c1ccc(Br)cc1. The molecular formula is C22H15BrN2O3. The van der Waals surface area contributed by atoms with Crippen LogP contribution in [0.25, 0.3) is 11.6 Å². The predicted octanol–water partition coefficient (Wildman–Crippen LogP) is 6.00. The number of ether oxygens (including phenoxy) is 1. The van der Waals surface area contributed by atoms with Gasteiger partial charge in [0, 0.05) is 16.6 Å². The Kier molecular flexibility index (Phi) is 6.20. The van der Waals surface area contributed by atoms with E-state index >= 15 is 0 Å². The van der Waals surface area contributed by atoms with Gasteiger partial charge in [0.15, 0.2) is 0 Å². The van der Waals surface area contributed by atoms with Crippen LogP contribution in [0.1, 0.15) is 16.7 Å². The van der Waals surface area contributed by atoms with E-state index in [4.69, 9.17) is 4.74 Å². The highest BCUT2D eigenvalue weighted by Crippen LogP contribution is 2.22. The first-order valence-electron chi connectivity index (χ1n) is 8.39. The number of hydrogen-bond acceptors (Lipinski definition) is 4. The number of benzene rings is 3. The largest absolute Gasteiger partial charge is 0.489 e. The molecule has 3 aromatic carbocycles. The number of rotatable bonds is 6. The normalized spacial score (nSPS) is 10.9. The van der Waals surface area contributed by atoms with Crippen LogP contribution < -0.4 is 4.74 Å². The highest BCUT2D eigenvalue weighted by molar-refractivity contribution is 9.10. The number of nitro groups is 1. The molecule has 0 unspecified atom stereocenters. The molecule has 0 saturated carbocycles. The fourth-order valence-electron chi connectivity index (χ4n) is 2.52. The summed E-state index contributed by atoms with van der Waals surface area (Å²) in [5.41, 5.74) is 3.22.